The second-order valence-corrected chi connectivity index (χ2v) is 12.2. The molecule has 1 aromatic heterocycles. The van der Waals surface area contributed by atoms with E-state index in [9.17, 15) is 19.7 Å². The van der Waals surface area contributed by atoms with E-state index < -0.39 is 11.0 Å². The maximum atomic E-state index is 14.5. The molecule has 5 aromatic rings. The molecule has 0 bridgehead atoms. The van der Waals surface area contributed by atoms with Gasteiger partial charge in [-0.3, -0.25) is 24.3 Å². The highest BCUT2D eigenvalue weighted by molar-refractivity contribution is 7.07. The van der Waals surface area contributed by atoms with E-state index >= 15 is 0 Å². The standard InChI is InChI=1S/C37H34N4O6S/c1-5-39(6-2)36(43)32-23(3)38-37-40(34(32)33-28-13-9-7-11-25(28)17-20-30(33)46-4)35(42)31(48-37)21-26-12-8-10-14-29(26)47-22-24-15-18-27(19-16-24)41(44)45/h7-21,34H,5-6,22H2,1-4H3/b31-21+/t34-/m0/s1. The van der Waals surface area contributed by atoms with Gasteiger partial charge in [0, 0.05) is 36.3 Å². The van der Waals surface area contributed by atoms with Gasteiger partial charge in [0.15, 0.2) is 4.80 Å². The number of amides is 1. The highest BCUT2D eigenvalue weighted by Crippen LogP contribution is 2.40. The number of rotatable bonds is 10. The number of carbonyl (C=O) groups excluding carboxylic acids is 1. The van der Waals surface area contributed by atoms with Gasteiger partial charge in [-0.25, -0.2) is 4.99 Å². The molecule has 0 N–H and O–H groups in total. The summed E-state index contributed by atoms with van der Waals surface area (Å²) in [6.07, 6.45) is 1.78. The van der Waals surface area contributed by atoms with Crippen LogP contribution >= 0.6 is 11.3 Å². The van der Waals surface area contributed by atoms with E-state index in [4.69, 9.17) is 14.5 Å². The van der Waals surface area contributed by atoms with Crippen molar-refractivity contribution in [2.75, 3.05) is 20.2 Å². The number of nitro groups is 1. The minimum absolute atomic E-state index is 0.00569. The number of benzene rings is 4. The number of nitro benzene ring substituents is 1. The topological polar surface area (TPSA) is 116 Å². The summed E-state index contributed by atoms with van der Waals surface area (Å²) >= 11 is 1.25. The molecule has 6 rings (SSSR count). The third kappa shape index (κ3) is 6.00. The number of para-hydroxylation sites is 1. The fraction of sp³-hybridized carbons (Fsp3) is 0.216. The molecule has 0 radical (unpaired) electrons. The van der Waals surface area contributed by atoms with Crippen LogP contribution in [-0.2, 0) is 11.4 Å². The van der Waals surface area contributed by atoms with Crippen LogP contribution in [0.25, 0.3) is 16.8 Å². The number of nitrogens with zero attached hydrogens (tertiary/aromatic N) is 4. The van der Waals surface area contributed by atoms with Crippen LogP contribution in [0.1, 0.15) is 43.5 Å². The summed E-state index contributed by atoms with van der Waals surface area (Å²) in [5.41, 5.74) is 2.86. The Bertz CT molecular complexity index is 2250. The lowest BCUT2D eigenvalue weighted by Crippen LogP contribution is -2.43. The van der Waals surface area contributed by atoms with Gasteiger partial charge >= 0.3 is 0 Å². The predicted molar refractivity (Wildman–Crippen MR) is 186 cm³/mol. The van der Waals surface area contributed by atoms with Crippen molar-refractivity contribution in [1.29, 1.82) is 0 Å². The first-order valence-electron chi connectivity index (χ1n) is 15.6. The van der Waals surface area contributed by atoms with E-state index in [1.54, 1.807) is 34.8 Å². The van der Waals surface area contributed by atoms with Crippen LogP contribution in [0.2, 0.25) is 0 Å². The second-order valence-electron chi connectivity index (χ2n) is 11.2. The van der Waals surface area contributed by atoms with E-state index in [-0.39, 0.29) is 23.8 Å². The van der Waals surface area contributed by atoms with Crippen LogP contribution < -0.4 is 24.4 Å². The summed E-state index contributed by atoms with van der Waals surface area (Å²) in [7, 11) is 1.59. The van der Waals surface area contributed by atoms with Crippen molar-refractivity contribution in [3.8, 4) is 11.5 Å². The highest BCUT2D eigenvalue weighted by Gasteiger charge is 2.36. The lowest BCUT2D eigenvalue weighted by molar-refractivity contribution is -0.384. The minimum Gasteiger partial charge on any atom is -0.496 e. The molecule has 1 amide bonds. The third-order valence-corrected chi connectivity index (χ3v) is 9.46. The van der Waals surface area contributed by atoms with Crippen molar-refractivity contribution in [1.82, 2.24) is 9.47 Å². The number of methoxy groups -OCH3 is 1. The van der Waals surface area contributed by atoms with E-state index in [2.05, 4.69) is 0 Å². The zero-order valence-electron chi connectivity index (χ0n) is 27.0. The van der Waals surface area contributed by atoms with Crippen molar-refractivity contribution >= 4 is 39.8 Å². The van der Waals surface area contributed by atoms with E-state index in [1.807, 2.05) is 81.4 Å². The van der Waals surface area contributed by atoms with Gasteiger partial charge in [-0.1, -0.05) is 59.9 Å². The molecule has 10 nitrogen and oxygen atoms in total. The number of ether oxygens (including phenoxy) is 2. The molecule has 0 aliphatic carbocycles. The summed E-state index contributed by atoms with van der Waals surface area (Å²) < 4.78 is 14.1. The van der Waals surface area contributed by atoms with Gasteiger partial charge in [0.2, 0.25) is 0 Å². The monoisotopic (exact) mass is 662 g/mol. The predicted octanol–water partition coefficient (Wildman–Crippen LogP) is 5.75. The lowest BCUT2D eigenvalue weighted by atomic mass is 9.90. The van der Waals surface area contributed by atoms with Gasteiger partial charge in [-0.05, 0) is 67.4 Å². The van der Waals surface area contributed by atoms with Crippen LogP contribution in [0, 0.1) is 10.1 Å². The van der Waals surface area contributed by atoms with Gasteiger partial charge in [0.05, 0.1) is 27.8 Å². The number of allylic oxidation sites excluding steroid dienone is 1. The number of non-ortho nitro benzene ring substituents is 1. The van der Waals surface area contributed by atoms with Gasteiger partial charge in [0.25, 0.3) is 17.2 Å². The molecule has 244 valence electrons. The molecule has 0 unspecified atom stereocenters. The average Bonchev–Trinajstić information content (AvgIpc) is 3.40. The zero-order valence-corrected chi connectivity index (χ0v) is 27.8. The Balaban J connectivity index is 1.50. The van der Waals surface area contributed by atoms with E-state index in [0.717, 1.165) is 21.9 Å². The average molecular weight is 663 g/mol. The third-order valence-electron chi connectivity index (χ3n) is 8.47. The number of hydrogen-bond donors (Lipinski definition) is 0. The Kier molecular flexibility index (Phi) is 9.22. The Labute approximate surface area is 280 Å². The van der Waals surface area contributed by atoms with E-state index in [1.165, 1.54) is 23.5 Å². The number of aromatic nitrogens is 1. The normalized spacial score (nSPS) is 14.4. The lowest BCUT2D eigenvalue weighted by Gasteiger charge is -2.30. The van der Waals surface area contributed by atoms with Crippen molar-refractivity contribution in [2.24, 2.45) is 4.99 Å². The molecule has 11 heteroatoms. The minimum atomic E-state index is -0.786. The molecular weight excluding hydrogens is 628 g/mol. The largest absolute Gasteiger partial charge is 0.496 e. The fourth-order valence-electron chi connectivity index (χ4n) is 6.03. The Morgan fingerprint density at radius 3 is 2.42 bits per heavy atom. The summed E-state index contributed by atoms with van der Waals surface area (Å²) in [5, 5.41) is 12.9. The number of carbonyl (C=O) groups is 1. The summed E-state index contributed by atoms with van der Waals surface area (Å²) in [6.45, 7) is 6.88. The summed E-state index contributed by atoms with van der Waals surface area (Å²) in [4.78, 5) is 46.3. The Morgan fingerprint density at radius 2 is 1.71 bits per heavy atom. The van der Waals surface area contributed by atoms with Crippen molar-refractivity contribution in [3.05, 3.63) is 143 Å². The van der Waals surface area contributed by atoms with E-state index in [0.29, 0.717) is 50.8 Å². The molecular formula is C37H34N4O6S. The van der Waals surface area contributed by atoms with Crippen LogP contribution in [0.4, 0.5) is 5.69 Å². The molecule has 1 aliphatic heterocycles. The smallest absolute Gasteiger partial charge is 0.271 e. The SMILES string of the molecule is CCN(CC)C(=O)C1=C(C)N=c2s/c(=C/c3ccccc3OCc3ccc([N+](=O)[O-])cc3)c(=O)n2[C@@H]1c1c(OC)ccc2ccccc12. The zero-order chi connectivity index (χ0) is 33.9. The molecule has 1 aliphatic rings. The van der Waals surface area contributed by atoms with Crippen molar-refractivity contribution in [3.63, 3.8) is 0 Å². The fourth-order valence-corrected chi connectivity index (χ4v) is 7.07. The summed E-state index contributed by atoms with van der Waals surface area (Å²) in [5.74, 6) is 0.931. The number of likely N-dealkylation sites (N-methyl/N-ethyl adjacent to an activating group) is 1. The Morgan fingerprint density at radius 1 is 1.00 bits per heavy atom. The highest BCUT2D eigenvalue weighted by atomic mass is 32.1. The molecule has 1 atom stereocenters. The Hall–Kier alpha value is -5.55. The maximum absolute atomic E-state index is 14.5. The van der Waals surface area contributed by atoms with Crippen molar-refractivity contribution in [2.45, 2.75) is 33.4 Å². The van der Waals surface area contributed by atoms with Crippen LogP contribution in [0.5, 0.6) is 11.5 Å². The van der Waals surface area contributed by atoms with Crippen molar-refractivity contribution < 1.29 is 19.2 Å². The van der Waals surface area contributed by atoms with Gasteiger partial charge in [0.1, 0.15) is 24.1 Å². The summed E-state index contributed by atoms with van der Waals surface area (Å²) in [6, 6.07) is 24.5. The molecule has 0 fully saturated rings. The second kappa shape index (κ2) is 13.7. The molecule has 48 heavy (non-hydrogen) atoms. The molecule has 0 saturated heterocycles. The van der Waals surface area contributed by atoms with Crippen LogP contribution in [0.15, 0.2) is 106 Å². The first-order chi connectivity index (χ1) is 23.2. The van der Waals surface area contributed by atoms with Crippen LogP contribution in [0.3, 0.4) is 0 Å². The molecule has 0 spiro atoms. The number of fused-ring (bicyclic) bond motifs is 2. The maximum Gasteiger partial charge on any atom is 0.271 e. The molecule has 2 heterocycles. The first kappa shape index (κ1) is 32.4. The molecule has 0 saturated carbocycles. The molecule has 4 aromatic carbocycles. The van der Waals surface area contributed by atoms with Gasteiger partial charge < -0.3 is 14.4 Å². The quantitative estimate of drug-likeness (QED) is 0.139. The number of hydrogen-bond acceptors (Lipinski definition) is 8. The van der Waals surface area contributed by atoms with Gasteiger partial charge in [-0.2, -0.15) is 0 Å². The van der Waals surface area contributed by atoms with Crippen LogP contribution in [-0.4, -0.2) is 40.5 Å². The first-order valence-corrected chi connectivity index (χ1v) is 16.4. The number of thiazole rings is 1. The van der Waals surface area contributed by atoms with Gasteiger partial charge in [-0.15, -0.1) is 0 Å².